The largest absolute Gasteiger partial charge is 0.480 e. The Morgan fingerprint density at radius 1 is 1.62 bits per heavy atom. The Morgan fingerprint density at radius 2 is 2.38 bits per heavy atom. The molecule has 0 radical (unpaired) electrons. The van der Waals surface area contributed by atoms with E-state index < -0.39 is 12.0 Å². The topological polar surface area (TPSA) is 70.1 Å². The number of carboxylic acid groups (broad SMARTS) is 1. The molecule has 2 aliphatic heterocycles. The van der Waals surface area contributed by atoms with E-state index in [2.05, 4.69) is 6.58 Å². The van der Waals surface area contributed by atoms with Crippen LogP contribution in [0.1, 0.15) is 12.8 Å². The van der Waals surface area contributed by atoms with E-state index in [-0.39, 0.29) is 18.7 Å². The van der Waals surface area contributed by atoms with Crippen LogP contribution in [0.25, 0.3) is 0 Å². The van der Waals surface area contributed by atoms with Crippen LogP contribution < -0.4 is 0 Å². The lowest BCUT2D eigenvalue weighted by molar-refractivity contribution is -0.142. The maximum absolute atomic E-state index is 11.8. The second kappa shape index (κ2) is 4.13. The minimum absolute atomic E-state index is 0.0250. The van der Waals surface area contributed by atoms with Crippen molar-refractivity contribution < 1.29 is 19.5 Å². The highest BCUT2D eigenvalue weighted by molar-refractivity contribution is 5.84. The summed E-state index contributed by atoms with van der Waals surface area (Å²) in [6.07, 6.45) is 2.70. The van der Waals surface area contributed by atoms with Gasteiger partial charge in [0, 0.05) is 6.54 Å². The van der Waals surface area contributed by atoms with Crippen LogP contribution in [0.3, 0.4) is 0 Å². The van der Waals surface area contributed by atoms with E-state index in [0.717, 1.165) is 0 Å². The maximum atomic E-state index is 11.8. The van der Waals surface area contributed by atoms with Crippen molar-refractivity contribution in [1.82, 2.24) is 9.96 Å². The lowest BCUT2D eigenvalue weighted by Gasteiger charge is -2.26. The molecule has 2 bridgehead atoms. The molecule has 0 aromatic carbocycles. The summed E-state index contributed by atoms with van der Waals surface area (Å²) in [4.78, 5) is 29.4. The molecule has 1 N–H and O–H groups in total. The number of carbonyl (C=O) groups is 2. The molecular weight excluding hydrogens is 212 g/mol. The molecule has 2 aliphatic rings. The van der Waals surface area contributed by atoms with Gasteiger partial charge >= 0.3 is 12.0 Å². The minimum atomic E-state index is -0.947. The van der Waals surface area contributed by atoms with Gasteiger partial charge in [-0.1, -0.05) is 6.08 Å². The second-order valence-corrected chi connectivity index (χ2v) is 3.93. The fourth-order valence-corrected chi connectivity index (χ4v) is 2.19. The van der Waals surface area contributed by atoms with Crippen LogP contribution in [0.4, 0.5) is 4.79 Å². The Bertz CT molecular complexity index is 331. The summed E-state index contributed by atoms with van der Waals surface area (Å²) >= 11 is 0. The van der Waals surface area contributed by atoms with E-state index in [1.807, 2.05) is 0 Å². The molecule has 88 valence electrons. The number of urea groups is 1. The van der Waals surface area contributed by atoms with Crippen molar-refractivity contribution >= 4 is 12.0 Å². The van der Waals surface area contributed by atoms with E-state index in [1.165, 1.54) is 9.96 Å². The zero-order valence-corrected chi connectivity index (χ0v) is 8.83. The molecule has 16 heavy (non-hydrogen) atoms. The number of piperidine rings is 1. The lowest BCUT2D eigenvalue weighted by Crippen LogP contribution is -2.44. The Labute approximate surface area is 93.0 Å². The molecule has 2 amide bonds. The first kappa shape index (κ1) is 10.9. The summed E-state index contributed by atoms with van der Waals surface area (Å²) < 4.78 is 0. The predicted octanol–water partition coefficient (Wildman–Crippen LogP) is 0.457. The van der Waals surface area contributed by atoms with E-state index in [4.69, 9.17) is 9.94 Å². The van der Waals surface area contributed by atoms with Crippen LogP contribution in [0.5, 0.6) is 0 Å². The van der Waals surface area contributed by atoms with Crippen LogP contribution in [-0.4, -0.2) is 52.3 Å². The van der Waals surface area contributed by atoms with Crippen molar-refractivity contribution in [1.29, 1.82) is 0 Å². The summed E-state index contributed by atoms with van der Waals surface area (Å²) in [5.41, 5.74) is 0. The summed E-state index contributed by atoms with van der Waals surface area (Å²) in [5, 5.41) is 10.3. The third-order valence-corrected chi connectivity index (χ3v) is 2.94. The van der Waals surface area contributed by atoms with Gasteiger partial charge in [0.2, 0.25) is 0 Å². The highest BCUT2D eigenvalue weighted by Gasteiger charge is 2.47. The maximum Gasteiger partial charge on any atom is 0.345 e. The molecular formula is C10H14N2O4. The molecule has 2 heterocycles. The van der Waals surface area contributed by atoms with Crippen molar-refractivity contribution in [2.45, 2.75) is 24.9 Å². The third kappa shape index (κ3) is 1.65. The van der Waals surface area contributed by atoms with E-state index in [1.54, 1.807) is 6.08 Å². The first-order valence-electron chi connectivity index (χ1n) is 5.21. The molecule has 2 rings (SSSR count). The van der Waals surface area contributed by atoms with E-state index in [9.17, 15) is 9.59 Å². The van der Waals surface area contributed by atoms with Crippen molar-refractivity contribution in [3.05, 3.63) is 12.7 Å². The molecule has 2 saturated heterocycles. The molecule has 0 aromatic heterocycles. The van der Waals surface area contributed by atoms with Gasteiger partial charge in [0.05, 0.1) is 12.6 Å². The highest BCUT2D eigenvalue weighted by Crippen LogP contribution is 2.29. The minimum Gasteiger partial charge on any atom is -0.480 e. The summed E-state index contributed by atoms with van der Waals surface area (Å²) in [7, 11) is 0. The predicted molar refractivity (Wildman–Crippen MR) is 54.5 cm³/mol. The molecule has 0 saturated carbocycles. The van der Waals surface area contributed by atoms with Gasteiger partial charge in [0.25, 0.3) is 0 Å². The van der Waals surface area contributed by atoms with E-state index in [0.29, 0.717) is 19.4 Å². The van der Waals surface area contributed by atoms with Gasteiger partial charge in [-0.3, -0.25) is 4.84 Å². The smallest absolute Gasteiger partial charge is 0.345 e. The van der Waals surface area contributed by atoms with Crippen molar-refractivity contribution in [3.63, 3.8) is 0 Å². The number of amides is 2. The fourth-order valence-electron chi connectivity index (χ4n) is 2.19. The molecule has 2 fully saturated rings. The SMILES string of the molecule is C=CCON1C(=O)N2C[C@@H]1CC[C@@H]2C(=O)O. The number of rotatable bonds is 4. The quantitative estimate of drug-likeness (QED) is 0.707. The van der Waals surface area contributed by atoms with Gasteiger partial charge in [0.1, 0.15) is 6.04 Å². The molecule has 0 spiro atoms. The molecule has 0 aromatic rings. The molecule has 6 nitrogen and oxygen atoms in total. The van der Waals surface area contributed by atoms with Crippen LogP contribution in [-0.2, 0) is 9.63 Å². The average Bonchev–Trinajstić information content (AvgIpc) is 2.50. The van der Waals surface area contributed by atoms with Crippen molar-refractivity contribution in [2.24, 2.45) is 0 Å². The first-order valence-corrected chi connectivity index (χ1v) is 5.21. The monoisotopic (exact) mass is 226 g/mol. The van der Waals surface area contributed by atoms with Gasteiger partial charge in [-0.25, -0.2) is 9.59 Å². The van der Waals surface area contributed by atoms with Gasteiger partial charge in [-0.2, -0.15) is 5.06 Å². The van der Waals surface area contributed by atoms with Crippen molar-refractivity contribution in [2.75, 3.05) is 13.2 Å². The zero-order chi connectivity index (χ0) is 11.7. The summed E-state index contributed by atoms with van der Waals surface area (Å²) in [6.45, 7) is 4.20. The Hall–Kier alpha value is -1.56. The van der Waals surface area contributed by atoms with Crippen LogP contribution in [0.15, 0.2) is 12.7 Å². The Kier molecular flexibility index (Phi) is 2.82. The number of nitrogens with zero attached hydrogens (tertiary/aromatic N) is 2. The van der Waals surface area contributed by atoms with Gasteiger partial charge in [-0.05, 0) is 12.8 Å². The van der Waals surface area contributed by atoms with Crippen LogP contribution in [0, 0.1) is 0 Å². The van der Waals surface area contributed by atoms with Crippen LogP contribution >= 0.6 is 0 Å². The number of fused-ring (bicyclic) bond motifs is 2. The number of aliphatic carboxylic acids is 1. The molecule has 2 atom stereocenters. The molecule has 0 unspecified atom stereocenters. The number of hydrogen-bond acceptors (Lipinski definition) is 3. The first-order chi connectivity index (χ1) is 7.65. The average molecular weight is 226 g/mol. The van der Waals surface area contributed by atoms with Gasteiger partial charge in [0.15, 0.2) is 0 Å². The summed E-state index contributed by atoms with van der Waals surface area (Å²) in [6, 6.07) is -1.08. The second-order valence-electron chi connectivity index (χ2n) is 3.93. The Morgan fingerprint density at radius 3 is 3.00 bits per heavy atom. The number of hydrogen-bond donors (Lipinski definition) is 1. The fraction of sp³-hybridized carbons (Fsp3) is 0.600. The lowest BCUT2D eigenvalue weighted by atomic mass is 10.0. The number of carboxylic acids is 1. The standard InChI is InChI=1S/C10H14N2O4/c1-2-5-16-12-7-3-4-8(9(13)14)11(6-7)10(12)15/h2,7-8H,1,3-6H2,(H,13,14)/t7-,8+/m0/s1. The Balaban J connectivity index is 2.09. The summed E-state index contributed by atoms with van der Waals surface area (Å²) in [5.74, 6) is -0.947. The highest BCUT2D eigenvalue weighted by atomic mass is 16.7. The van der Waals surface area contributed by atoms with Crippen LogP contribution in [0.2, 0.25) is 0 Å². The molecule has 0 aliphatic carbocycles. The van der Waals surface area contributed by atoms with E-state index >= 15 is 0 Å². The third-order valence-electron chi connectivity index (χ3n) is 2.94. The number of carbonyl (C=O) groups excluding carboxylic acids is 1. The normalized spacial score (nSPS) is 28.4. The van der Waals surface area contributed by atoms with Crippen molar-refractivity contribution in [3.8, 4) is 0 Å². The van der Waals surface area contributed by atoms with Gasteiger partial charge < -0.3 is 10.0 Å². The van der Waals surface area contributed by atoms with Gasteiger partial charge in [-0.15, -0.1) is 6.58 Å². The molecule has 6 heteroatoms. The number of hydroxylamine groups is 2. The zero-order valence-electron chi connectivity index (χ0n) is 8.83.